The Labute approximate surface area is 105 Å². The summed E-state index contributed by atoms with van der Waals surface area (Å²) in [5.41, 5.74) is 0. The quantitative estimate of drug-likeness (QED) is 0.843. The monoisotopic (exact) mass is 286 g/mol. The summed E-state index contributed by atoms with van der Waals surface area (Å²) in [6, 6.07) is 0.473. The minimum atomic E-state index is 0.473. The van der Waals surface area contributed by atoms with Gasteiger partial charge in [0.1, 0.15) is 5.82 Å². The molecule has 1 heterocycles. The van der Waals surface area contributed by atoms with E-state index in [-0.39, 0.29) is 0 Å². The van der Waals surface area contributed by atoms with Crippen LogP contribution in [0.2, 0.25) is 0 Å². The highest BCUT2D eigenvalue weighted by Gasteiger charge is 2.09. The van der Waals surface area contributed by atoms with Crippen LogP contribution < -0.4 is 10.6 Å². The fourth-order valence-electron chi connectivity index (χ4n) is 1.51. The maximum absolute atomic E-state index is 4.38. The highest BCUT2D eigenvalue weighted by Crippen LogP contribution is 2.22. The van der Waals surface area contributed by atoms with Crippen LogP contribution in [0.4, 0.5) is 11.8 Å². The maximum atomic E-state index is 4.38. The van der Waals surface area contributed by atoms with Crippen LogP contribution in [0.25, 0.3) is 0 Å². The second-order valence-corrected chi connectivity index (χ2v) is 4.53. The zero-order valence-electron chi connectivity index (χ0n) is 10.0. The molecule has 0 spiro atoms. The highest BCUT2D eigenvalue weighted by molar-refractivity contribution is 9.10. The van der Waals surface area contributed by atoms with Gasteiger partial charge in [0.25, 0.3) is 0 Å². The molecule has 1 aromatic rings. The van der Waals surface area contributed by atoms with Crippen LogP contribution in [0.3, 0.4) is 0 Å². The molecule has 0 fully saturated rings. The average molecular weight is 287 g/mol. The molecule has 16 heavy (non-hydrogen) atoms. The van der Waals surface area contributed by atoms with Crippen molar-refractivity contribution in [3.05, 3.63) is 10.7 Å². The van der Waals surface area contributed by atoms with Crippen LogP contribution in [0.5, 0.6) is 0 Å². The molecule has 4 nitrogen and oxygen atoms in total. The molecule has 0 aromatic carbocycles. The lowest BCUT2D eigenvalue weighted by molar-refractivity contribution is 0.620. The van der Waals surface area contributed by atoms with Crippen LogP contribution in [0.1, 0.15) is 33.1 Å². The normalized spacial score (nSPS) is 12.2. The number of nitrogens with zero attached hydrogens (tertiary/aromatic N) is 2. The lowest BCUT2D eigenvalue weighted by atomic mass is 10.1. The summed E-state index contributed by atoms with van der Waals surface area (Å²) < 4.78 is 0.904. The van der Waals surface area contributed by atoms with Gasteiger partial charge >= 0.3 is 0 Å². The molecule has 90 valence electrons. The molecule has 0 aliphatic carbocycles. The standard InChI is InChI=1S/C11H19BrN4/c1-4-6-8(5-2)15-10-9(12)7-14-11(13-3)16-10/h7-8H,4-6H2,1-3H3,(H2,13,14,15,16). The minimum Gasteiger partial charge on any atom is -0.366 e. The molecular formula is C11H19BrN4. The van der Waals surface area contributed by atoms with E-state index in [0.29, 0.717) is 12.0 Å². The van der Waals surface area contributed by atoms with E-state index in [0.717, 1.165) is 23.1 Å². The first kappa shape index (κ1) is 13.2. The summed E-state index contributed by atoms with van der Waals surface area (Å²) in [6.45, 7) is 4.37. The smallest absolute Gasteiger partial charge is 0.224 e. The molecular weight excluding hydrogens is 268 g/mol. The Morgan fingerprint density at radius 2 is 2.19 bits per heavy atom. The van der Waals surface area contributed by atoms with Crippen molar-refractivity contribution in [1.29, 1.82) is 0 Å². The third kappa shape index (κ3) is 3.63. The van der Waals surface area contributed by atoms with Crippen molar-refractivity contribution >= 4 is 27.7 Å². The molecule has 1 unspecified atom stereocenters. The number of aromatic nitrogens is 2. The van der Waals surface area contributed by atoms with Gasteiger partial charge in [0.05, 0.1) is 4.47 Å². The molecule has 0 aliphatic heterocycles. The van der Waals surface area contributed by atoms with Crippen molar-refractivity contribution in [2.75, 3.05) is 17.7 Å². The van der Waals surface area contributed by atoms with E-state index in [1.807, 2.05) is 7.05 Å². The summed E-state index contributed by atoms with van der Waals surface area (Å²) >= 11 is 3.45. The zero-order chi connectivity index (χ0) is 12.0. The number of hydrogen-bond acceptors (Lipinski definition) is 4. The molecule has 1 rings (SSSR count). The Kier molecular flexibility index (Phi) is 5.52. The van der Waals surface area contributed by atoms with Crippen molar-refractivity contribution in [3.8, 4) is 0 Å². The van der Waals surface area contributed by atoms with Crippen LogP contribution in [0.15, 0.2) is 10.7 Å². The molecule has 0 bridgehead atoms. The van der Waals surface area contributed by atoms with E-state index in [9.17, 15) is 0 Å². The summed E-state index contributed by atoms with van der Waals surface area (Å²) in [7, 11) is 1.82. The fraction of sp³-hybridized carbons (Fsp3) is 0.636. The van der Waals surface area contributed by atoms with Gasteiger partial charge in [-0.3, -0.25) is 0 Å². The van der Waals surface area contributed by atoms with Crippen LogP contribution in [-0.2, 0) is 0 Å². The van der Waals surface area contributed by atoms with Gasteiger partial charge in [0.15, 0.2) is 0 Å². The Bertz CT molecular complexity index is 330. The molecule has 0 amide bonds. The number of nitrogens with one attached hydrogen (secondary N) is 2. The van der Waals surface area contributed by atoms with Crippen molar-refractivity contribution in [2.24, 2.45) is 0 Å². The summed E-state index contributed by atoms with van der Waals surface area (Å²) in [4.78, 5) is 8.51. The summed E-state index contributed by atoms with van der Waals surface area (Å²) in [5, 5.41) is 6.37. The molecule has 1 atom stereocenters. The van der Waals surface area contributed by atoms with Crippen molar-refractivity contribution < 1.29 is 0 Å². The van der Waals surface area contributed by atoms with Crippen molar-refractivity contribution in [3.63, 3.8) is 0 Å². The van der Waals surface area contributed by atoms with E-state index in [4.69, 9.17) is 0 Å². The Morgan fingerprint density at radius 3 is 2.75 bits per heavy atom. The Hall–Kier alpha value is -0.840. The fourth-order valence-corrected chi connectivity index (χ4v) is 1.81. The van der Waals surface area contributed by atoms with Crippen molar-refractivity contribution in [1.82, 2.24) is 9.97 Å². The number of hydrogen-bond donors (Lipinski definition) is 2. The Balaban J connectivity index is 2.77. The lowest BCUT2D eigenvalue weighted by Crippen LogP contribution is -2.19. The first-order valence-corrected chi connectivity index (χ1v) is 6.47. The largest absolute Gasteiger partial charge is 0.366 e. The van der Waals surface area contributed by atoms with Gasteiger partial charge in [-0.05, 0) is 28.8 Å². The third-order valence-electron chi connectivity index (χ3n) is 2.44. The molecule has 5 heteroatoms. The third-order valence-corrected chi connectivity index (χ3v) is 3.02. The van der Waals surface area contributed by atoms with E-state index in [1.54, 1.807) is 6.20 Å². The summed E-state index contributed by atoms with van der Waals surface area (Å²) in [6.07, 6.45) is 5.19. The lowest BCUT2D eigenvalue weighted by Gasteiger charge is -2.17. The van der Waals surface area contributed by atoms with Crippen LogP contribution >= 0.6 is 15.9 Å². The number of halogens is 1. The predicted octanol–water partition coefficient (Wildman–Crippen LogP) is 3.27. The highest BCUT2D eigenvalue weighted by atomic mass is 79.9. The van der Waals surface area contributed by atoms with Gasteiger partial charge in [0, 0.05) is 19.3 Å². The second kappa shape index (κ2) is 6.68. The molecule has 0 saturated carbocycles. The van der Waals surface area contributed by atoms with E-state index < -0.39 is 0 Å². The topological polar surface area (TPSA) is 49.8 Å². The van der Waals surface area contributed by atoms with Gasteiger partial charge in [-0.2, -0.15) is 4.98 Å². The number of anilines is 2. The Morgan fingerprint density at radius 1 is 1.44 bits per heavy atom. The van der Waals surface area contributed by atoms with Gasteiger partial charge in [-0.15, -0.1) is 0 Å². The molecule has 1 aromatic heterocycles. The molecule has 0 saturated heterocycles. The van der Waals surface area contributed by atoms with E-state index in [1.165, 1.54) is 6.42 Å². The molecule has 0 radical (unpaired) electrons. The van der Waals surface area contributed by atoms with E-state index in [2.05, 4.69) is 50.4 Å². The van der Waals surface area contributed by atoms with Crippen LogP contribution in [0, 0.1) is 0 Å². The average Bonchev–Trinajstić information content (AvgIpc) is 2.31. The van der Waals surface area contributed by atoms with Gasteiger partial charge in [0.2, 0.25) is 5.95 Å². The minimum absolute atomic E-state index is 0.473. The van der Waals surface area contributed by atoms with Gasteiger partial charge in [-0.1, -0.05) is 20.3 Å². The zero-order valence-corrected chi connectivity index (χ0v) is 11.6. The SMILES string of the molecule is CCCC(CC)Nc1nc(NC)ncc1Br. The summed E-state index contributed by atoms with van der Waals surface area (Å²) in [5.74, 6) is 1.50. The predicted molar refractivity (Wildman–Crippen MR) is 71.9 cm³/mol. The van der Waals surface area contributed by atoms with Gasteiger partial charge in [-0.25, -0.2) is 4.98 Å². The maximum Gasteiger partial charge on any atom is 0.224 e. The first-order valence-electron chi connectivity index (χ1n) is 5.68. The van der Waals surface area contributed by atoms with Crippen molar-refractivity contribution in [2.45, 2.75) is 39.2 Å². The number of rotatable bonds is 6. The van der Waals surface area contributed by atoms with Crippen LogP contribution in [-0.4, -0.2) is 23.1 Å². The van der Waals surface area contributed by atoms with E-state index >= 15 is 0 Å². The molecule has 0 aliphatic rings. The van der Waals surface area contributed by atoms with Gasteiger partial charge < -0.3 is 10.6 Å². The molecule has 2 N–H and O–H groups in total. The second-order valence-electron chi connectivity index (χ2n) is 3.68. The first-order chi connectivity index (χ1) is 7.71.